The summed E-state index contributed by atoms with van der Waals surface area (Å²) in [5.74, 6) is 0. The Bertz CT molecular complexity index is 507. The Labute approximate surface area is 103 Å². The maximum Gasteiger partial charge on any atom is 0.241 e. The van der Waals surface area contributed by atoms with E-state index in [4.69, 9.17) is 5.11 Å². The van der Waals surface area contributed by atoms with Crippen LogP contribution in [0.1, 0.15) is 30.5 Å². The van der Waals surface area contributed by atoms with Gasteiger partial charge in [0.15, 0.2) is 0 Å². The summed E-state index contributed by atoms with van der Waals surface area (Å²) in [5.41, 5.74) is 2.19. The van der Waals surface area contributed by atoms with Crippen molar-refractivity contribution in [2.75, 3.05) is 0 Å². The fraction of sp³-hybridized carbons (Fsp3) is 0.500. The van der Waals surface area contributed by atoms with E-state index in [2.05, 4.69) is 4.72 Å². The van der Waals surface area contributed by atoms with E-state index in [1.54, 1.807) is 26.8 Å². The Morgan fingerprint density at radius 2 is 1.88 bits per heavy atom. The second-order valence-electron chi connectivity index (χ2n) is 4.47. The largest absolute Gasteiger partial charge is 0.392 e. The molecule has 2 N–H and O–H groups in total. The first-order chi connectivity index (χ1) is 7.77. The molecule has 1 rings (SSSR count). The molecule has 1 aromatic rings. The predicted octanol–water partition coefficient (Wildman–Crippen LogP) is 1.48. The van der Waals surface area contributed by atoms with E-state index in [9.17, 15) is 8.42 Å². The van der Waals surface area contributed by atoms with E-state index in [-0.39, 0.29) is 17.5 Å². The highest BCUT2D eigenvalue weighted by atomic mass is 32.2. The van der Waals surface area contributed by atoms with Crippen LogP contribution in [0.15, 0.2) is 17.0 Å². The Balaban J connectivity index is 3.35. The van der Waals surface area contributed by atoms with Crippen LogP contribution < -0.4 is 4.72 Å². The van der Waals surface area contributed by atoms with Crippen LogP contribution in [0, 0.1) is 13.8 Å². The van der Waals surface area contributed by atoms with Gasteiger partial charge in [0.25, 0.3) is 0 Å². The normalized spacial score (nSPS) is 12.1. The summed E-state index contributed by atoms with van der Waals surface area (Å²) in [4.78, 5) is 0.246. The van der Waals surface area contributed by atoms with Gasteiger partial charge in [0.1, 0.15) is 0 Å². The Morgan fingerprint density at radius 3 is 2.35 bits per heavy atom. The first-order valence-corrected chi connectivity index (χ1v) is 6.99. The molecule has 17 heavy (non-hydrogen) atoms. The van der Waals surface area contributed by atoms with Crippen LogP contribution in [-0.2, 0) is 16.6 Å². The van der Waals surface area contributed by atoms with Crippen LogP contribution in [0.25, 0.3) is 0 Å². The van der Waals surface area contributed by atoms with E-state index < -0.39 is 10.0 Å². The van der Waals surface area contributed by atoms with Crippen LogP contribution in [-0.4, -0.2) is 19.6 Å². The number of rotatable bonds is 4. The lowest BCUT2D eigenvalue weighted by molar-refractivity contribution is 0.281. The van der Waals surface area contributed by atoms with Crippen LogP contribution in [0.4, 0.5) is 0 Å². The highest BCUT2D eigenvalue weighted by molar-refractivity contribution is 7.89. The zero-order chi connectivity index (χ0) is 13.2. The van der Waals surface area contributed by atoms with Crippen molar-refractivity contribution in [2.24, 2.45) is 0 Å². The molecule has 0 fully saturated rings. The number of benzene rings is 1. The van der Waals surface area contributed by atoms with Crippen molar-refractivity contribution in [1.82, 2.24) is 4.72 Å². The number of hydrogen-bond donors (Lipinski definition) is 2. The van der Waals surface area contributed by atoms with Crippen molar-refractivity contribution >= 4 is 10.0 Å². The molecule has 5 heteroatoms. The quantitative estimate of drug-likeness (QED) is 0.858. The molecular formula is C12H19NO3S. The minimum atomic E-state index is -3.51. The molecule has 0 heterocycles. The first-order valence-electron chi connectivity index (χ1n) is 5.51. The van der Waals surface area contributed by atoms with Crippen LogP contribution in [0.5, 0.6) is 0 Å². The van der Waals surface area contributed by atoms with Gasteiger partial charge in [-0.3, -0.25) is 0 Å². The summed E-state index contributed by atoms with van der Waals surface area (Å²) in [7, 11) is -3.51. The minimum Gasteiger partial charge on any atom is -0.392 e. The topological polar surface area (TPSA) is 66.4 Å². The Hall–Kier alpha value is -0.910. The van der Waals surface area contributed by atoms with Gasteiger partial charge in [-0.1, -0.05) is 6.07 Å². The highest BCUT2D eigenvalue weighted by Crippen LogP contribution is 2.21. The van der Waals surface area contributed by atoms with E-state index in [1.807, 2.05) is 6.92 Å². The van der Waals surface area contributed by atoms with Crippen molar-refractivity contribution < 1.29 is 13.5 Å². The molecular weight excluding hydrogens is 238 g/mol. The monoisotopic (exact) mass is 257 g/mol. The molecule has 0 saturated carbocycles. The molecule has 0 aliphatic carbocycles. The van der Waals surface area contributed by atoms with Gasteiger partial charge in [-0.15, -0.1) is 0 Å². The number of aryl methyl sites for hydroxylation is 1. The molecule has 0 amide bonds. The van der Waals surface area contributed by atoms with E-state index in [0.717, 1.165) is 11.1 Å². The Kier molecular flexibility index (Phi) is 4.30. The zero-order valence-electron chi connectivity index (χ0n) is 10.6. The molecule has 0 bridgehead atoms. The first kappa shape index (κ1) is 14.2. The van der Waals surface area contributed by atoms with Gasteiger partial charge in [0.05, 0.1) is 11.5 Å². The number of aliphatic hydroxyl groups excluding tert-OH is 1. The van der Waals surface area contributed by atoms with Crippen molar-refractivity contribution in [3.05, 3.63) is 28.8 Å². The molecule has 0 aliphatic heterocycles. The summed E-state index contributed by atoms with van der Waals surface area (Å²) in [6, 6.07) is 3.16. The summed E-state index contributed by atoms with van der Waals surface area (Å²) >= 11 is 0. The van der Waals surface area contributed by atoms with Gasteiger partial charge >= 0.3 is 0 Å². The zero-order valence-corrected chi connectivity index (χ0v) is 11.4. The van der Waals surface area contributed by atoms with E-state index in [1.165, 1.54) is 6.07 Å². The average molecular weight is 257 g/mol. The summed E-state index contributed by atoms with van der Waals surface area (Å²) in [6.07, 6.45) is 0. The molecule has 0 radical (unpaired) electrons. The maximum atomic E-state index is 12.1. The number of sulfonamides is 1. The minimum absolute atomic E-state index is 0.155. The molecule has 4 nitrogen and oxygen atoms in total. The molecule has 96 valence electrons. The van der Waals surface area contributed by atoms with Gasteiger partial charge in [-0.05, 0) is 50.5 Å². The fourth-order valence-electron chi connectivity index (χ4n) is 1.64. The van der Waals surface area contributed by atoms with Gasteiger partial charge < -0.3 is 5.11 Å². The van der Waals surface area contributed by atoms with Crippen molar-refractivity contribution in [3.8, 4) is 0 Å². The third-order valence-corrected chi connectivity index (χ3v) is 4.33. The van der Waals surface area contributed by atoms with Crippen molar-refractivity contribution in [3.63, 3.8) is 0 Å². The number of nitrogens with one attached hydrogen (secondary N) is 1. The lowest BCUT2D eigenvalue weighted by atomic mass is 10.1. The lowest BCUT2D eigenvalue weighted by Gasteiger charge is -2.14. The summed E-state index contributed by atoms with van der Waals surface area (Å²) < 4.78 is 26.7. The van der Waals surface area contributed by atoms with Crippen LogP contribution in [0.2, 0.25) is 0 Å². The second kappa shape index (κ2) is 5.16. The molecule has 0 atom stereocenters. The highest BCUT2D eigenvalue weighted by Gasteiger charge is 2.19. The van der Waals surface area contributed by atoms with Gasteiger partial charge in [0.2, 0.25) is 10.0 Å². The predicted molar refractivity (Wildman–Crippen MR) is 67.3 cm³/mol. The van der Waals surface area contributed by atoms with Crippen molar-refractivity contribution in [2.45, 2.75) is 45.2 Å². The molecule has 0 aromatic heterocycles. The van der Waals surface area contributed by atoms with Crippen LogP contribution >= 0.6 is 0 Å². The smallest absolute Gasteiger partial charge is 0.241 e. The van der Waals surface area contributed by atoms with Crippen LogP contribution in [0.3, 0.4) is 0 Å². The third-order valence-electron chi connectivity index (χ3n) is 2.54. The lowest BCUT2D eigenvalue weighted by Crippen LogP contribution is -2.31. The van der Waals surface area contributed by atoms with E-state index >= 15 is 0 Å². The molecule has 1 aromatic carbocycles. The molecule has 0 saturated heterocycles. The molecule has 0 spiro atoms. The van der Waals surface area contributed by atoms with Gasteiger partial charge in [-0.25, -0.2) is 13.1 Å². The van der Waals surface area contributed by atoms with E-state index in [0.29, 0.717) is 5.56 Å². The number of aliphatic hydroxyl groups is 1. The summed E-state index contributed by atoms with van der Waals surface area (Å²) in [5, 5.41) is 9.11. The second-order valence-corrected chi connectivity index (χ2v) is 6.15. The fourth-order valence-corrected chi connectivity index (χ4v) is 3.26. The number of hydrogen-bond acceptors (Lipinski definition) is 3. The molecule has 0 unspecified atom stereocenters. The summed E-state index contributed by atoms with van der Waals surface area (Å²) in [6.45, 7) is 6.99. The SMILES string of the molecule is Cc1cc(CO)cc(S(=O)(=O)NC(C)C)c1C. The maximum absolute atomic E-state index is 12.1. The van der Waals surface area contributed by atoms with Crippen molar-refractivity contribution in [1.29, 1.82) is 0 Å². The van der Waals surface area contributed by atoms with Gasteiger partial charge in [0, 0.05) is 6.04 Å². The standard InChI is InChI=1S/C12H19NO3S/c1-8(2)13-17(15,16)12-6-11(7-14)5-9(3)10(12)4/h5-6,8,13-14H,7H2,1-4H3. The van der Waals surface area contributed by atoms with Gasteiger partial charge in [-0.2, -0.15) is 0 Å². The molecule has 0 aliphatic rings. The average Bonchev–Trinajstić information content (AvgIpc) is 2.19. The Morgan fingerprint density at radius 1 is 1.29 bits per heavy atom. The third kappa shape index (κ3) is 3.28.